The number of aliphatic hydroxyl groups excluding tert-OH is 4. The number of hydrogen-bond donors (Lipinski definition) is 5. The molecular weight excluding hydrogens is 492 g/mol. The van der Waals surface area contributed by atoms with E-state index in [4.69, 9.17) is 28.1 Å². The van der Waals surface area contributed by atoms with Crippen LogP contribution in [0.15, 0.2) is 33.5 Å². The van der Waals surface area contributed by atoms with Crippen LogP contribution in [-0.2, 0) is 4.74 Å². The van der Waals surface area contributed by atoms with Crippen LogP contribution in [0.25, 0.3) is 22.3 Å². The van der Waals surface area contributed by atoms with Crippen molar-refractivity contribution in [2.45, 2.75) is 37.6 Å². The normalized spacial score (nSPS) is 23.6. The zero-order valence-corrected chi connectivity index (χ0v) is 20.5. The van der Waals surface area contributed by atoms with Gasteiger partial charge >= 0.3 is 0 Å². The maximum atomic E-state index is 13.3. The summed E-state index contributed by atoms with van der Waals surface area (Å²) in [5.74, 6) is -0.0525. The number of benzene rings is 2. The minimum absolute atomic E-state index is 0.000280. The van der Waals surface area contributed by atoms with Gasteiger partial charge in [-0.1, -0.05) is 0 Å². The molecule has 1 aliphatic rings. The zero-order chi connectivity index (χ0) is 27.0. The molecule has 12 nitrogen and oxygen atoms in total. The molecule has 0 spiro atoms. The highest BCUT2D eigenvalue weighted by atomic mass is 16.7. The molecule has 12 heteroatoms. The van der Waals surface area contributed by atoms with E-state index in [0.717, 1.165) is 0 Å². The molecule has 37 heavy (non-hydrogen) atoms. The first kappa shape index (κ1) is 26.5. The summed E-state index contributed by atoms with van der Waals surface area (Å²) in [6.45, 7) is 1.09. The Morgan fingerprint density at radius 3 is 2.27 bits per heavy atom. The van der Waals surface area contributed by atoms with Crippen molar-refractivity contribution in [1.29, 1.82) is 0 Å². The van der Waals surface area contributed by atoms with E-state index in [1.54, 1.807) is 13.0 Å². The first-order valence-corrected chi connectivity index (χ1v) is 11.2. The van der Waals surface area contributed by atoms with Crippen molar-refractivity contribution in [2.24, 2.45) is 0 Å². The molecule has 1 aliphatic heterocycles. The lowest BCUT2D eigenvalue weighted by atomic mass is 9.99. The van der Waals surface area contributed by atoms with E-state index in [2.05, 4.69) is 0 Å². The van der Waals surface area contributed by atoms with E-state index < -0.39 is 42.7 Å². The number of rotatable bonds is 7. The number of methoxy groups -OCH3 is 3. The van der Waals surface area contributed by atoms with Gasteiger partial charge in [-0.3, -0.25) is 4.79 Å². The van der Waals surface area contributed by atoms with Crippen LogP contribution in [0.2, 0.25) is 0 Å². The average Bonchev–Trinajstić information content (AvgIpc) is 2.88. The van der Waals surface area contributed by atoms with Crippen molar-refractivity contribution < 1.29 is 53.6 Å². The van der Waals surface area contributed by atoms with Gasteiger partial charge in [0.15, 0.2) is 5.76 Å². The molecule has 0 saturated carbocycles. The molecule has 0 bridgehead atoms. The Hall–Kier alpha value is -3.55. The quantitative estimate of drug-likeness (QED) is 0.295. The molecule has 2 heterocycles. The van der Waals surface area contributed by atoms with Crippen LogP contribution in [0.1, 0.15) is 5.56 Å². The Labute approximate surface area is 210 Å². The van der Waals surface area contributed by atoms with Gasteiger partial charge in [-0.25, -0.2) is 0 Å². The number of hydrogen-bond acceptors (Lipinski definition) is 12. The first-order chi connectivity index (χ1) is 17.6. The van der Waals surface area contributed by atoms with Gasteiger partial charge in [0, 0.05) is 18.2 Å². The third-order valence-electron chi connectivity index (χ3n) is 6.18. The van der Waals surface area contributed by atoms with E-state index in [1.807, 2.05) is 0 Å². The molecule has 0 amide bonds. The molecule has 5 atom stereocenters. The van der Waals surface area contributed by atoms with Crippen molar-refractivity contribution in [3.8, 4) is 40.1 Å². The van der Waals surface area contributed by atoms with Crippen molar-refractivity contribution in [2.75, 3.05) is 27.9 Å². The van der Waals surface area contributed by atoms with Crippen LogP contribution >= 0.6 is 0 Å². The van der Waals surface area contributed by atoms with Gasteiger partial charge in [0.1, 0.15) is 58.4 Å². The monoisotopic (exact) mass is 520 g/mol. The molecule has 0 radical (unpaired) electrons. The molecule has 200 valence electrons. The summed E-state index contributed by atoms with van der Waals surface area (Å²) < 4.78 is 33.3. The van der Waals surface area contributed by atoms with Gasteiger partial charge in [0.2, 0.25) is 17.5 Å². The summed E-state index contributed by atoms with van der Waals surface area (Å²) in [7, 11) is 4.09. The fraction of sp³-hybridized carbons (Fsp3) is 0.400. The van der Waals surface area contributed by atoms with Crippen molar-refractivity contribution in [3.63, 3.8) is 0 Å². The number of aromatic hydroxyl groups is 1. The van der Waals surface area contributed by atoms with Gasteiger partial charge < -0.3 is 53.6 Å². The largest absolute Gasteiger partial charge is 0.507 e. The summed E-state index contributed by atoms with van der Waals surface area (Å²) in [5, 5.41) is 50.6. The molecule has 1 fully saturated rings. The van der Waals surface area contributed by atoms with Crippen molar-refractivity contribution >= 4 is 11.0 Å². The summed E-state index contributed by atoms with van der Waals surface area (Å²) in [5.41, 5.74) is 0.154. The van der Waals surface area contributed by atoms with Crippen LogP contribution < -0.4 is 24.4 Å². The molecule has 5 N–H and O–H groups in total. The minimum Gasteiger partial charge on any atom is -0.507 e. The summed E-state index contributed by atoms with van der Waals surface area (Å²) in [6, 6.07) is 5.74. The van der Waals surface area contributed by atoms with Crippen LogP contribution in [0.4, 0.5) is 0 Å². The van der Waals surface area contributed by atoms with Crippen LogP contribution in [0.5, 0.6) is 28.7 Å². The molecular formula is C25H28O12. The van der Waals surface area contributed by atoms with E-state index in [1.165, 1.54) is 39.5 Å². The highest BCUT2D eigenvalue weighted by molar-refractivity contribution is 5.89. The van der Waals surface area contributed by atoms with E-state index in [0.29, 0.717) is 11.3 Å². The molecule has 3 aromatic rings. The number of aliphatic hydroxyl groups is 4. The van der Waals surface area contributed by atoms with E-state index in [-0.39, 0.29) is 45.3 Å². The van der Waals surface area contributed by atoms with Gasteiger partial charge in [-0.15, -0.1) is 0 Å². The standard InChI is InChI=1S/C25H28O12/c1-10-5-12(23-24(34-4)20(29)18-13(27)6-11(32-2)7-16(18)35-23)15(8-14(10)33-3)36-25-22(31)21(30)19(28)17(9-26)37-25/h5-8,17,19,21-22,25-28,30-31H,9H2,1-4H3/t17-,19-,21+,22-,25+/m1/s1. The second kappa shape index (κ2) is 10.4. The number of phenolic OH excluding ortho intramolecular Hbond substituents is 1. The molecule has 1 aromatic heterocycles. The first-order valence-electron chi connectivity index (χ1n) is 11.2. The third kappa shape index (κ3) is 4.65. The second-order valence-corrected chi connectivity index (χ2v) is 8.45. The SMILES string of the molecule is COc1cc(O)c2c(=O)c(OC)c(-c3cc(C)c(OC)cc3O[C@H]3O[C@H](CO)[C@@H](O)[C@H](O)[C@H]3O)oc2c1. The highest BCUT2D eigenvalue weighted by Crippen LogP contribution is 2.43. The Bertz CT molecular complexity index is 1350. The highest BCUT2D eigenvalue weighted by Gasteiger charge is 2.45. The van der Waals surface area contributed by atoms with Crippen molar-refractivity contribution in [3.05, 3.63) is 40.1 Å². The van der Waals surface area contributed by atoms with Gasteiger partial charge in [0.25, 0.3) is 0 Å². The molecule has 4 rings (SSSR count). The maximum Gasteiger partial charge on any atom is 0.239 e. The van der Waals surface area contributed by atoms with Gasteiger partial charge in [-0.05, 0) is 18.6 Å². The smallest absolute Gasteiger partial charge is 0.239 e. The number of ether oxygens (including phenoxy) is 5. The van der Waals surface area contributed by atoms with Crippen LogP contribution in [0, 0.1) is 6.92 Å². The Morgan fingerprint density at radius 1 is 0.919 bits per heavy atom. The Balaban J connectivity index is 1.92. The molecule has 0 unspecified atom stereocenters. The topological polar surface area (TPSA) is 178 Å². The molecule has 2 aromatic carbocycles. The van der Waals surface area contributed by atoms with Crippen molar-refractivity contribution in [1.82, 2.24) is 0 Å². The summed E-state index contributed by atoms with van der Waals surface area (Å²) >= 11 is 0. The fourth-order valence-electron chi connectivity index (χ4n) is 4.19. The van der Waals surface area contributed by atoms with Gasteiger partial charge in [-0.2, -0.15) is 0 Å². The Morgan fingerprint density at radius 2 is 1.65 bits per heavy atom. The number of phenols is 1. The van der Waals surface area contributed by atoms with Gasteiger partial charge in [0.05, 0.1) is 33.5 Å². The lowest BCUT2D eigenvalue weighted by molar-refractivity contribution is -0.277. The molecule has 1 saturated heterocycles. The summed E-state index contributed by atoms with van der Waals surface area (Å²) in [6.07, 6.45) is -7.67. The second-order valence-electron chi connectivity index (χ2n) is 8.45. The number of aryl methyl sites for hydroxylation is 1. The lowest BCUT2D eigenvalue weighted by Crippen LogP contribution is -2.60. The zero-order valence-electron chi connectivity index (χ0n) is 20.5. The maximum absolute atomic E-state index is 13.3. The predicted molar refractivity (Wildman–Crippen MR) is 128 cm³/mol. The van der Waals surface area contributed by atoms with Crippen LogP contribution in [0.3, 0.4) is 0 Å². The summed E-state index contributed by atoms with van der Waals surface area (Å²) in [4.78, 5) is 13.3. The number of fused-ring (bicyclic) bond motifs is 1. The third-order valence-corrected chi connectivity index (χ3v) is 6.18. The minimum atomic E-state index is -1.69. The van der Waals surface area contributed by atoms with E-state index in [9.17, 15) is 30.3 Å². The Kier molecular flexibility index (Phi) is 7.48. The van der Waals surface area contributed by atoms with E-state index >= 15 is 0 Å². The predicted octanol–water partition coefficient (Wildman–Crippen LogP) is 0.679. The fourth-order valence-corrected chi connectivity index (χ4v) is 4.19. The van der Waals surface area contributed by atoms with Crippen LogP contribution in [-0.4, -0.2) is 84.2 Å². The molecule has 0 aliphatic carbocycles. The average molecular weight is 520 g/mol. The lowest BCUT2D eigenvalue weighted by Gasteiger charge is -2.39.